The Kier molecular flexibility index (Phi) is 4.49. The Hall–Kier alpha value is -1.65. The van der Waals surface area contributed by atoms with Gasteiger partial charge in [-0.3, -0.25) is 4.68 Å². The van der Waals surface area contributed by atoms with Gasteiger partial charge in [-0.15, -0.1) is 0 Å². The Balaban J connectivity index is 1.95. The van der Waals surface area contributed by atoms with Crippen molar-refractivity contribution in [2.45, 2.75) is 59.1 Å². The van der Waals surface area contributed by atoms with Crippen LogP contribution in [0.3, 0.4) is 0 Å². The Morgan fingerprint density at radius 2 is 1.95 bits per heavy atom. The van der Waals surface area contributed by atoms with Crippen molar-refractivity contribution in [1.82, 2.24) is 9.58 Å². The lowest BCUT2D eigenvalue weighted by molar-refractivity contribution is 0.0233. The molecule has 0 saturated carbocycles. The second-order valence-corrected chi connectivity index (χ2v) is 6.78. The number of aryl methyl sites for hydroxylation is 2. The lowest BCUT2D eigenvalue weighted by Crippen LogP contribution is -2.43. The minimum absolute atomic E-state index is 0.195. The van der Waals surface area contributed by atoms with E-state index < -0.39 is 5.60 Å². The first-order chi connectivity index (χ1) is 9.78. The van der Waals surface area contributed by atoms with Gasteiger partial charge in [-0.1, -0.05) is 0 Å². The number of nitrogens with one attached hydrogen (secondary N) is 1. The van der Waals surface area contributed by atoms with E-state index in [2.05, 4.69) is 36.1 Å². The van der Waals surface area contributed by atoms with Crippen LogP contribution in [0.25, 0.3) is 0 Å². The SMILES string of the molecule is Cc1ccc(C)n1NCC1CCCN1C(=O)OC(C)(C)C. The maximum absolute atomic E-state index is 12.2. The fourth-order valence-electron chi connectivity index (χ4n) is 2.72. The standard InChI is InChI=1S/C16H27N3O2/c1-12-8-9-13(2)19(12)17-11-14-7-6-10-18(14)15(20)21-16(3,4)5/h8-9,14,17H,6-7,10-11H2,1-5H3. The molecule has 1 aromatic rings. The van der Waals surface area contributed by atoms with Crippen LogP contribution in [-0.2, 0) is 4.74 Å². The molecular formula is C16H27N3O2. The first-order valence-corrected chi connectivity index (χ1v) is 7.66. The first-order valence-electron chi connectivity index (χ1n) is 7.66. The number of ether oxygens (including phenoxy) is 1. The summed E-state index contributed by atoms with van der Waals surface area (Å²) in [7, 11) is 0. The molecule has 0 radical (unpaired) electrons. The van der Waals surface area contributed by atoms with Gasteiger partial charge in [0, 0.05) is 17.9 Å². The lowest BCUT2D eigenvalue weighted by Gasteiger charge is -2.29. The highest BCUT2D eigenvalue weighted by atomic mass is 16.6. The third kappa shape index (κ3) is 3.93. The number of hydrogen-bond acceptors (Lipinski definition) is 3. The van der Waals surface area contributed by atoms with Crippen molar-refractivity contribution in [3.05, 3.63) is 23.5 Å². The van der Waals surface area contributed by atoms with Crippen LogP contribution in [0.15, 0.2) is 12.1 Å². The fourth-order valence-corrected chi connectivity index (χ4v) is 2.72. The number of nitrogens with zero attached hydrogens (tertiary/aromatic N) is 2. The molecular weight excluding hydrogens is 266 g/mol. The molecule has 1 atom stereocenters. The van der Waals surface area contributed by atoms with E-state index in [4.69, 9.17) is 4.74 Å². The summed E-state index contributed by atoms with van der Waals surface area (Å²) in [6, 6.07) is 4.37. The summed E-state index contributed by atoms with van der Waals surface area (Å²) in [6.07, 6.45) is 1.86. The van der Waals surface area contributed by atoms with E-state index in [-0.39, 0.29) is 12.1 Å². The monoisotopic (exact) mass is 293 g/mol. The van der Waals surface area contributed by atoms with E-state index in [0.29, 0.717) is 0 Å². The quantitative estimate of drug-likeness (QED) is 0.931. The third-order valence-corrected chi connectivity index (χ3v) is 3.76. The molecule has 5 nitrogen and oxygen atoms in total. The van der Waals surface area contributed by atoms with Crippen LogP contribution in [0.4, 0.5) is 4.79 Å². The summed E-state index contributed by atoms with van der Waals surface area (Å²) >= 11 is 0. The van der Waals surface area contributed by atoms with Crippen LogP contribution in [0.2, 0.25) is 0 Å². The maximum atomic E-state index is 12.2. The Labute approximate surface area is 127 Å². The van der Waals surface area contributed by atoms with Crippen molar-refractivity contribution in [2.24, 2.45) is 0 Å². The topological polar surface area (TPSA) is 46.5 Å². The Morgan fingerprint density at radius 1 is 1.33 bits per heavy atom. The van der Waals surface area contributed by atoms with Gasteiger partial charge in [-0.2, -0.15) is 0 Å². The summed E-state index contributed by atoms with van der Waals surface area (Å²) < 4.78 is 7.56. The summed E-state index contributed by atoms with van der Waals surface area (Å²) in [5.41, 5.74) is 5.33. The van der Waals surface area contributed by atoms with Crippen LogP contribution in [0.5, 0.6) is 0 Å². The summed E-state index contributed by atoms with van der Waals surface area (Å²) in [5.74, 6) is 0. The molecule has 1 unspecified atom stereocenters. The van der Waals surface area contributed by atoms with E-state index in [1.165, 1.54) is 11.4 Å². The van der Waals surface area contributed by atoms with Crippen molar-refractivity contribution in [2.75, 3.05) is 18.5 Å². The van der Waals surface area contributed by atoms with Crippen LogP contribution in [0.1, 0.15) is 45.0 Å². The molecule has 21 heavy (non-hydrogen) atoms. The highest BCUT2D eigenvalue weighted by molar-refractivity contribution is 5.69. The molecule has 1 aliphatic heterocycles. The van der Waals surface area contributed by atoms with Gasteiger partial charge in [0.15, 0.2) is 0 Å². The highest BCUT2D eigenvalue weighted by Gasteiger charge is 2.32. The molecule has 5 heteroatoms. The molecule has 1 aromatic heterocycles. The lowest BCUT2D eigenvalue weighted by atomic mass is 10.2. The fraction of sp³-hybridized carbons (Fsp3) is 0.688. The summed E-state index contributed by atoms with van der Waals surface area (Å²) in [5, 5.41) is 0. The van der Waals surface area contributed by atoms with Crippen molar-refractivity contribution < 1.29 is 9.53 Å². The van der Waals surface area contributed by atoms with Gasteiger partial charge in [-0.05, 0) is 59.6 Å². The smallest absolute Gasteiger partial charge is 0.410 e. The highest BCUT2D eigenvalue weighted by Crippen LogP contribution is 2.20. The first kappa shape index (κ1) is 15.7. The average Bonchev–Trinajstić information content (AvgIpc) is 2.93. The van der Waals surface area contributed by atoms with Gasteiger partial charge in [0.05, 0.1) is 12.6 Å². The molecule has 0 aliphatic carbocycles. The number of carbonyl (C=O) groups is 1. The maximum Gasteiger partial charge on any atom is 0.410 e. The number of hydrogen-bond donors (Lipinski definition) is 1. The molecule has 0 bridgehead atoms. The molecule has 1 aliphatic rings. The third-order valence-electron chi connectivity index (χ3n) is 3.76. The number of rotatable bonds is 3. The van der Waals surface area contributed by atoms with Crippen LogP contribution >= 0.6 is 0 Å². The van der Waals surface area contributed by atoms with Crippen LogP contribution < -0.4 is 5.43 Å². The molecule has 2 heterocycles. The van der Waals surface area contributed by atoms with Gasteiger partial charge < -0.3 is 15.1 Å². The molecule has 0 aromatic carbocycles. The van der Waals surface area contributed by atoms with Gasteiger partial charge >= 0.3 is 6.09 Å². The number of amides is 1. The van der Waals surface area contributed by atoms with E-state index in [0.717, 1.165) is 25.9 Å². The van der Waals surface area contributed by atoms with Crippen molar-refractivity contribution in [3.63, 3.8) is 0 Å². The molecule has 1 saturated heterocycles. The predicted octanol–water partition coefficient (Wildman–Crippen LogP) is 3.05. The summed E-state index contributed by atoms with van der Waals surface area (Å²) in [6.45, 7) is 11.4. The minimum atomic E-state index is -0.439. The second-order valence-electron chi connectivity index (χ2n) is 6.78. The number of likely N-dealkylation sites (tertiary alicyclic amines) is 1. The van der Waals surface area contributed by atoms with Crippen molar-refractivity contribution in [3.8, 4) is 0 Å². The van der Waals surface area contributed by atoms with E-state index >= 15 is 0 Å². The summed E-state index contributed by atoms with van der Waals surface area (Å²) in [4.78, 5) is 14.1. The zero-order valence-electron chi connectivity index (χ0n) is 13.8. The van der Waals surface area contributed by atoms with Crippen molar-refractivity contribution in [1.29, 1.82) is 0 Å². The molecule has 118 valence electrons. The molecule has 1 N–H and O–H groups in total. The second kappa shape index (κ2) is 6.00. The van der Waals surface area contributed by atoms with Gasteiger partial charge in [-0.25, -0.2) is 4.79 Å². The van der Waals surface area contributed by atoms with E-state index in [9.17, 15) is 4.79 Å². The largest absolute Gasteiger partial charge is 0.444 e. The number of carbonyl (C=O) groups excluding carboxylic acids is 1. The zero-order valence-corrected chi connectivity index (χ0v) is 13.8. The van der Waals surface area contributed by atoms with Crippen molar-refractivity contribution >= 4 is 6.09 Å². The van der Waals surface area contributed by atoms with Gasteiger partial charge in [0.1, 0.15) is 5.60 Å². The van der Waals surface area contributed by atoms with Gasteiger partial charge in [0.2, 0.25) is 0 Å². The number of aromatic nitrogens is 1. The zero-order chi connectivity index (χ0) is 15.6. The Morgan fingerprint density at radius 3 is 2.52 bits per heavy atom. The molecule has 2 rings (SSSR count). The molecule has 1 amide bonds. The average molecular weight is 293 g/mol. The van der Waals surface area contributed by atoms with E-state index in [1.54, 1.807) is 0 Å². The van der Waals surface area contributed by atoms with Gasteiger partial charge in [0.25, 0.3) is 0 Å². The molecule has 1 fully saturated rings. The van der Waals surface area contributed by atoms with E-state index in [1.807, 2.05) is 25.7 Å². The van der Waals surface area contributed by atoms with Crippen LogP contribution in [-0.4, -0.2) is 40.4 Å². The minimum Gasteiger partial charge on any atom is -0.444 e. The normalized spacial score (nSPS) is 18.9. The molecule has 0 spiro atoms. The van der Waals surface area contributed by atoms with Crippen LogP contribution in [0, 0.1) is 13.8 Å². The predicted molar refractivity (Wildman–Crippen MR) is 84.1 cm³/mol. The Bertz CT molecular complexity index is 483.